The highest BCUT2D eigenvalue weighted by molar-refractivity contribution is 9.10. The standard InChI is InChI=1S/C21H20BrN5/c1-14-12-16(15(2)27(14)18-10-8-17(22)9-11-18)13-23-25-21-24-19-6-4-5-7-20(19)26(21)3/h4-13H,1-3H3,(H,24,25)/b23-13+. The second-order valence-corrected chi connectivity index (χ2v) is 7.41. The first-order chi connectivity index (χ1) is 13.0. The van der Waals surface area contributed by atoms with E-state index in [2.05, 4.69) is 80.2 Å². The average molecular weight is 422 g/mol. The molecule has 0 bridgehead atoms. The van der Waals surface area contributed by atoms with Gasteiger partial charge in [0, 0.05) is 34.2 Å². The molecule has 0 atom stereocenters. The van der Waals surface area contributed by atoms with Crippen molar-refractivity contribution in [1.29, 1.82) is 0 Å². The Morgan fingerprint density at radius 1 is 1.07 bits per heavy atom. The van der Waals surface area contributed by atoms with Crippen LogP contribution in [0.5, 0.6) is 0 Å². The molecule has 0 aliphatic rings. The summed E-state index contributed by atoms with van der Waals surface area (Å²) in [5, 5.41) is 4.41. The van der Waals surface area contributed by atoms with E-state index in [1.165, 1.54) is 5.69 Å². The SMILES string of the molecule is Cc1cc(/C=N/Nc2nc3ccccc3n2C)c(C)n1-c1ccc(Br)cc1. The third-order valence-electron chi connectivity index (χ3n) is 4.71. The Balaban J connectivity index is 1.60. The Kier molecular flexibility index (Phi) is 4.58. The number of hydrazone groups is 1. The molecule has 0 amide bonds. The lowest BCUT2D eigenvalue weighted by Crippen LogP contribution is -2.00. The van der Waals surface area contributed by atoms with E-state index in [0.29, 0.717) is 5.95 Å². The van der Waals surface area contributed by atoms with Crippen LogP contribution in [0.2, 0.25) is 0 Å². The predicted molar refractivity (Wildman–Crippen MR) is 115 cm³/mol. The minimum absolute atomic E-state index is 0.717. The number of para-hydroxylation sites is 2. The minimum Gasteiger partial charge on any atom is -0.318 e. The molecule has 0 saturated heterocycles. The maximum absolute atomic E-state index is 4.57. The molecule has 2 aromatic carbocycles. The van der Waals surface area contributed by atoms with Crippen LogP contribution >= 0.6 is 15.9 Å². The fraction of sp³-hybridized carbons (Fsp3) is 0.143. The number of nitrogens with one attached hydrogen (secondary N) is 1. The topological polar surface area (TPSA) is 47.1 Å². The van der Waals surface area contributed by atoms with Gasteiger partial charge in [-0.1, -0.05) is 28.1 Å². The lowest BCUT2D eigenvalue weighted by atomic mass is 10.2. The first-order valence-electron chi connectivity index (χ1n) is 8.70. The Bertz CT molecular complexity index is 1140. The van der Waals surface area contributed by atoms with Gasteiger partial charge in [-0.3, -0.25) is 0 Å². The average Bonchev–Trinajstić information content (AvgIpc) is 3.13. The van der Waals surface area contributed by atoms with Gasteiger partial charge in [0.1, 0.15) is 0 Å². The number of imidazole rings is 1. The number of hydrogen-bond acceptors (Lipinski definition) is 3. The fourth-order valence-corrected chi connectivity index (χ4v) is 3.58. The molecule has 27 heavy (non-hydrogen) atoms. The van der Waals surface area contributed by atoms with Crippen LogP contribution in [0.15, 0.2) is 64.2 Å². The van der Waals surface area contributed by atoms with Crippen LogP contribution < -0.4 is 5.43 Å². The summed E-state index contributed by atoms with van der Waals surface area (Å²) in [6, 6.07) is 18.5. The largest absolute Gasteiger partial charge is 0.318 e. The number of aromatic nitrogens is 3. The molecule has 136 valence electrons. The van der Waals surface area contributed by atoms with Gasteiger partial charge in [-0.25, -0.2) is 10.4 Å². The molecule has 6 heteroatoms. The number of rotatable bonds is 4. The van der Waals surface area contributed by atoms with Crippen molar-refractivity contribution in [1.82, 2.24) is 14.1 Å². The minimum atomic E-state index is 0.717. The summed E-state index contributed by atoms with van der Waals surface area (Å²) in [6.45, 7) is 4.21. The molecule has 4 rings (SSSR count). The van der Waals surface area contributed by atoms with Gasteiger partial charge in [-0.15, -0.1) is 0 Å². The smallest absolute Gasteiger partial charge is 0.224 e. The first kappa shape index (κ1) is 17.5. The van der Waals surface area contributed by atoms with Crippen molar-refractivity contribution in [3.8, 4) is 5.69 Å². The van der Waals surface area contributed by atoms with Gasteiger partial charge in [-0.2, -0.15) is 5.10 Å². The van der Waals surface area contributed by atoms with E-state index in [1.807, 2.05) is 42.1 Å². The second kappa shape index (κ2) is 7.04. The third-order valence-corrected chi connectivity index (χ3v) is 5.24. The summed E-state index contributed by atoms with van der Waals surface area (Å²) in [4.78, 5) is 4.57. The van der Waals surface area contributed by atoms with Crippen molar-refractivity contribution in [3.63, 3.8) is 0 Å². The number of benzene rings is 2. The van der Waals surface area contributed by atoms with E-state index in [9.17, 15) is 0 Å². The van der Waals surface area contributed by atoms with Gasteiger partial charge in [0.25, 0.3) is 0 Å². The summed E-state index contributed by atoms with van der Waals surface area (Å²) in [6.07, 6.45) is 1.84. The van der Waals surface area contributed by atoms with Gasteiger partial charge in [0.15, 0.2) is 0 Å². The molecule has 0 fully saturated rings. The first-order valence-corrected chi connectivity index (χ1v) is 9.49. The van der Waals surface area contributed by atoms with Crippen molar-refractivity contribution >= 4 is 39.1 Å². The highest BCUT2D eigenvalue weighted by Gasteiger charge is 2.10. The normalized spacial score (nSPS) is 11.6. The number of aryl methyl sites for hydroxylation is 2. The highest BCUT2D eigenvalue weighted by atomic mass is 79.9. The summed E-state index contributed by atoms with van der Waals surface area (Å²) < 4.78 is 5.29. The monoisotopic (exact) mass is 421 g/mol. The van der Waals surface area contributed by atoms with Crippen LogP contribution in [0.4, 0.5) is 5.95 Å². The Hall–Kier alpha value is -2.86. The van der Waals surface area contributed by atoms with Gasteiger partial charge in [0.05, 0.1) is 17.2 Å². The molecule has 2 heterocycles. The predicted octanol–water partition coefficient (Wildman–Crippen LogP) is 5.19. The lowest BCUT2D eigenvalue weighted by Gasteiger charge is -2.09. The molecular formula is C21H20BrN5. The van der Waals surface area contributed by atoms with Crippen LogP contribution in [-0.4, -0.2) is 20.3 Å². The molecule has 0 radical (unpaired) electrons. The van der Waals surface area contributed by atoms with Gasteiger partial charge >= 0.3 is 0 Å². The zero-order chi connectivity index (χ0) is 19.0. The zero-order valence-corrected chi connectivity index (χ0v) is 17.0. The van der Waals surface area contributed by atoms with Crippen LogP contribution in [0.3, 0.4) is 0 Å². The van der Waals surface area contributed by atoms with Crippen molar-refractivity contribution < 1.29 is 0 Å². The second-order valence-electron chi connectivity index (χ2n) is 6.49. The summed E-state index contributed by atoms with van der Waals surface area (Å²) in [5.74, 6) is 0.717. The molecular weight excluding hydrogens is 402 g/mol. The molecule has 5 nitrogen and oxygen atoms in total. The molecule has 1 N–H and O–H groups in total. The molecule has 0 aliphatic carbocycles. The maximum atomic E-state index is 4.57. The lowest BCUT2D eigenvalue weighted by molar-refractivity contribution is 0.943. The van der Waals surface area contributed by atoms with Gasteiger partial charge in [-0.05, 0) is 56.3 Å². The summed E-state index contributed by atoms with van der Waals surface area (Å²) >= 11 is 3.49. The van der Waals surface area contributed by atoms with E-state index in [1.54, 1.807) is 0 Å². The summed E-state index contributed by atoms with van der Waals surface area (Å²) in [5.41, 5.74) is 9.60. The number of hydrogen-bond donors (Lipinski definition) is 1. The Morgan fingerprint density at radius 2 is 1.81 bits per heavy atom. The number of fused-ring (bicyclic) bond motifs is 1. The van der Waals surface area contributed by atoms with E-state index >= 15 is 0 Å². The molecule has 0 unspecified atom stereocenters. The Labute approximate surface area is 166 Å². The number of nitrogens with zero attached hydrogens (tertiary/aromatic N) is 4. The fourth-order valence-electron chi connectivity index (χ4n) is 3.31. The molecule has 2 aromatic heterocycles. The van der Waals surface area contributed by atoms with Crippen molar-refractivity contribution in [2.24, 2.45) is 12.1 Å². The van der Waals surface area contributed by atoms with Gasteiger partial charge in [0.2, 0.25) is 5.95 Å². The van der Waals surface area contributed by atoms with Crippen molar-refractivity contribution in [2.45, 2.75) is 13.8 Å². The molecule has 0 saturated carbocycles. The van der Waals surface area contributed by atoms with Crippen LogP contribution in [0, 0.1) is 13.8 Å². The van der Waals surface area contributed by atoms with E-state index in [0.717, 1.165) is 32.5 Å². The quantitative estimate of drug-likeness (QED) is 0.364. The van der Waals surface area contributed by atoms with E-state index in [-0.39, 0.29) is 0 Å². The third kappa shape index (κ3) is 3.28. The highest BCUT2D eigenvalue weighted by Crippen LogP contribution is 2.22. The van der Waals surface area contributed by atoms with Crippen LogP contribution in [0.1, 0.15) is 17.0 Å². The van der Waals surface area contributed by atoms with Crippen molar-refractivity contribution in [2.75, 3.05) is 5.43 Å². The van der Waals surface area contributed by atoms with E-state index in [4.69, 9.17) is 0 Å². The number of halogens is 1. The molecule has 0 spiro atoms. The van der Waals surface area contributed by atoms with Gasteiger partial charge < -0.3 is 9.13 Å². The Morgan fingerprint density at radius 3 is 2.56 bits per heavy atom. The van der Waals surface area contributed by atoms with Crippen LogP contribution in [0.25, 0.3) is 16.7 Å². The zero-order valence-electron chi connectivity index (χ0n) is 15.4. The molecule has 4 aromatic rings. The number of anilines is 1. The summed E-state index contributed by atoms with van der Waals surface area (Å²) in [7, 11) is 1.98. The van der Waals surface area contributed by atoms with Crippen LogP contribution in [-0.2, 0) is 7.05 Å². The van der Waals surface area contributed by atoms with Crippen molar-refractivity contribution in [3.05, 3.63) is 76.0 Å². The maximum Gasteiger partial charge on any atom is 0.224 e. The molecule has 0 aliphatic heterocycles. The van der Waals surface area contributed by atoms with E-state index < -0.39 is 0 Å².